The predicted molar refractivity (Wildman–Crippen MR) is 115 cm³/mol. The number of nitrogens with zero attached hydrogens (tertiary/aromatic N) is 2. The molecule has 3 saturated heterocycles. The van der Waals surface area contributed by atoms with Crippen LogP contribution in [0.5, 0.6) is 0 Å². The Morgan fingerprint density at radius 1 is 1.45 bits per heavy atom. The molecule has 1 spiro atoms. The zero-order valence-electron chi connectivity index (χ0n) is 16.8. The molecule has 3 rings (SSSR count). The van der Waals surface area contributed by atoms with Crippen LogP contribution in [0.4, 0.5) is 0 Å². The van der Waals surface area contributed by atoms with E-state index in [1.54, 1.807) is 15.9 Å². The lowest BCUT2D eigenvalue weighted by Crippen LogP contribution is -2.56. The number of halogens is 1. The second-order valence-electron chi connectivity index (χ2n) is 8.34. The van der Waals surface area contributed by atoms with Gasteiger partial charge in [0.1, 0.15) is 6.04 Å². The number of rotatable bonds is 9. The van der Waals surface area contributed by atoms with Crippen molar-refractivity contribution in [1.82, 2.24) is 9.80 Å². The normalized spacial score (nSPS) is 35.3. The maximum atomic E-state index is 13.7. The van der Waals surface area contributed by atoms with Gasteiger partial charge in [0.25, 0.3) is 0 Å². The Bertz CT molecular complexity index is 704. The molecule has 6 atom stereocenters. The van der Waals surface area contributed by atoms with Crippen LogP contribution in [0.1, 0.15) is 33.1 Å². The molecule has 9 heteroatoms. The fourth-order valence-corrected chi connectivity index (χ4v) is 8.78. The molecule has 7 nitrogen and oxygen atoms in total. The van der Waals surface area contributed by atoms with E-state index in [1.165, 1.54) is 11.8 Å². The number of carboxylic acids is 1. The quantitative estimate of drug-likeness (QED) is 0.291. The van der Waals surface area contributed by atoms with Gasteiger partial charge in [-0.05, 0) is 33.1 Å². The molecule has 2 N–H and O–H groups in total. The second-order valence-corrected chi connectivity index (χ2v) is 11.1. The van der Waals surface area contributed by atoms with Crippen LogP contribution in [-0.4, -0.2) is 84.4 Å². The number of hydrogen-bond donors (Lipinski definition) is 2. The van der Waals surface area contributed by atoms with Crippen molar-refractivity contribution in [3.05, 3.63) is 12.7 Å². The van der Waals surface area contributed by atoms with E-state index in [0.29, 0.717) is 32.4 Å². The molecule has 3 fully saturated rings. The average molecular weight is 489 g/mol. The zero-order valence-corrected chi connectivity index (χ0v) is 19.2. The van der Waals surface area contributed by atoms with E-state index in [0.717, 1.165) is 0 Å². The minimum absolute atomic E-state index is 0.0157. The summed E-state index contributed by atoms with van der Waals surface area (Å²) in [6.45, 7) is 8.34. The van der Waals surface area contributed by atoms with Crippen molar-refractivity contribution < 1.29 is 24.6 Å². The summed E-state index contributed by atoms with van der Waals surface area (Å²) in [6.07, 6.45) is 3.37. The van der Waals surface area contributed by atoms with Gasteiger partial charge in [-0.25, -0.2) is 0 Å². The molecule has 3 aliphatic heterocycles. The number of carboxylic acid groups (broad SMARTS) is 1. The van der Waals surface area contributed by atoms with Crippen LogP contribution in [0.15, 0.2) is 12.7 Å². The van der Waals surface area contributed by atoms with E-state index >= 15 is 0 Å². The highest BCUT2D eigenvalue weighted by molar-refractivity contribution is 9.09. The number of likely N-dealkylation sites (tertiary alicyclic amines) is 1. The number of hydrogen-bond acceptors (Lipinski definition) is 5. The Balaban J connectivity index is 2.04. The third-order valence-electron chi connectivity index (χ3n) is 6.35. The van der Waals surface area contributed by atoms with E-state index in [9.17, 15) is 19.5 Å². The van der Waals surface area contributed by atoms with Gasteiger partial charge in [-0.3, -0.25) is 14.4 Å². The van der Waals surface area contributed by atoms with Crippen molar-refractivity contribution in [2.45, 2.75) is 60.0 Å². The SMILES string of the molecule is C=CCN(C(=O)C1N(CCCCO)C(=O)[C@@H]2[C@H](C(=O)O)[C@H]3SC12CC3Br)C(C)C. The van der Waals surface area contributed by atoms with Crippen molar-refractivity contribution in [3.63, 3.8) is 0 Å². The number of amides is 2. The number of unbranched alkanes of at least 4 members (excludes halogenated alkanes) is 1. The fraction of sp³-hybridized carbons (Fsp3) is 0.750. The van der Waals surface area contributed by atoms with Crippen LogP contribution < -0.4 is 0 Å². The minimum Gasteiger partial charge on any atom is -0.481 e. The standard InChI is InChI=1S/C20H29BrN2O5S/c1-4-7-22(11(2)3)18(26)16-20-10-12(21)15(29-20)13(19(27)28)14(20)17(25)23(16)8-5-6-9-24/h4,11-16,24H,1,5-10H2,2-3H3,(H,27,28)/t12?,13-,14-,15-,16?,20?/m0/s1. The first-order chi connectivity index (χ1) is 13.7. The lowest BCUT2D eigenvalue weighted by Gasteiger charge is -2.39. The first kappa shape index (κ1) is 22.6. The summed E-state index contributed by atoms with van der Waals surface area (Å²) in [7, 11) is 0. The number of carbonyl (C=O) groups is 3. The summed E-state index contributed by atoms with van der Waals surface area (Å²) in [6, 6.07) is -0.760. The summed E-state index contributed by atoms with van der Waals surface area (Å²) >= 11 is 5.14. The maximum Gasteiger partial charge on any atom is 0.308 e. The van der Waals surface area contributed by atoms with Crippen LogP contribution >= 0.6 is 27.7 Å². The first-order valence-corrected chi connectivity index (χ1v) is 11.9. The molecule has 0 aromatic carbocycles. The Kier molecular flexibility index (Phi) is 6.70. The van der Waals surface area contributed by atoms with E-state index in [1.807, 2.05) is 13.8 Å². The molecular formula is C20H29BrN2O5S. The van der Waals surface area contributed by atoms with Gasteiger partial charge in [-0.1, -0.05) is 22.0 Å². The molecule has 0 aromatic heterocycles. The van der Waals surface area contributed by atoms with Crippen molar-refractivity contribution in [1.29, 1.82) is 0 Å². The number of alkyl halides is 1. The zero-order chi connectivity index (χ0) is 21.5. The Hall–Kier alpha value is -1.06. The largest absolute Gasteiger partial charge is 0.481 e. The second kappa shape index (κ2) is 8.59. The molecular weight excluding hydrogens is 460 g/mol. The van der Waals surface area contributed by atoms with Gasteiger partial charge >= 0.3 is 5.97 Å². The van der Waals surface area contributed by atoms with E-state index in [2.05, 4.69) is 22.5 Å². The number of aliphatic hydroxyl groups is 1. The molecule has 162 valence electrons. The number of thioether (sulfide) groups is 1. The summed E-state index contributed by atoms with van der Waals surface area (Å²) < 4.78 is -0.733. The van der Waals surface area contributed by atoms with Gasteiger partial charge in [-0.15, -0.1) is 18.3 Å². The van der Waals surface area contributed by atoms with Gasteiger partial charge in [0, 0.05) is 35.8 Å². The first-order valence-electron chi connectivity index (χ1n) is 10.1. The fourth-order valence-electron chi connectivity index (χ4n) is 5.18. The maximum absolute atomic E-state index is 13.7. The summed E-state index contributed by atoms with van der Waals surface area (Å²) in [5.74, 6) is -2.83. The van der Waals surface area contributed by atoms with Crippen molar-refractivity contribution in [3.8, 4) is 0 Å². The van der Waals surface area contributed by atoms with Gasteiger partial charge in [-0.2, -0.15) is 0 Å². The third kappa shape index (κ3) is 3.53. The van der Waals surface area contributed by atoms with E-state index < -0.39 is 28.6 Å². The van der Waals surface area contributed by atoms with Crippen LogP contribution in [-0.2, 0) is 14.4 Å². The van der Waals surface area contributed by atoms with Crippen molar-refractivity contribution in [2.75, 3.05) is 19.7 Å². The summed E-state index contributed by atoms with van der Waals surface area (Å²) in [5, 5.41) is 18.8. The Labute approximate surface area is 184 Å². The molecule has 3 heterocycles. The number of carbonyl (C=O) groups excluding carboxylic acids is 2. The van der Waals surface area contributed by atoms with E-state index in [-0.39, 0.29) is 34.5 Å². The van der Waals surface area contributed by atoms with Crippen LogP contribution in [0.25, 0.3) is 0 Å². The van der Waals surface area contributed by atoms with Crippen molar-refractivity contribution >= 4 is 45.5 Å². The molecule has 0 aromatic rings. The predicted octanol–water partition coefficient (Wildman–Crippen LogP) is 1.73. The molecule has 0 aliphatic carbocycles. The molecule has 0 saturated carbocycles. The number of aliphatic hydroxyl groups excluding tert-OH is 1. The lowest BCUT2D eigenvalue weighted by molar-refractivity contribution is -0.148. The summed E-state index contributed by atoms with van der Waals surface area (Å²) in [5.41, 5.74) is 0. The van der Waals surface area contributed by atoms with Crippen molar-refractivity contribution in [2.24, 2.45) is 11.8 Å². The van der Waals surface area contributed by atoms with Gasteiger partial charge in [0.2, 0.25) is 11.8 Å². The van der Waals surface area contributed by atoms with E-state index in [4.69, 9.17) is 5.11 Å². The van der Waals surface area contributed by atoms with Crippen LogP contribution in [0.3, 0.4) is 0 Å². The molecule has 2 amide bonds. The van der Waals surface area contributed by atoms with Crippen LogP contribution in [0, 0.1) is 11.8 Å². The van der Waals surface area contributed by atoms with Gasteiger partial charge < -0.3 is 20.0 Å². The summed E-state index contributed by atoms with van der Waals surface area (Å²) in [4.78, 5) is 42.5. The molecule has 3 unspecified atom stereocenters. The smallest absolute Gasteiger partial charge is 0.308 e. The minimum atomic E-state index is -0.970. The number of fused-ring (bicyclic) bond motifs is 1. The Morgan fingerprint density at radius 3 is 2.69 bits per heavy atom. The highest BCUT2D eigenvalue weighted by Gasteiger charge is 2.75. The average Bonchev–Trinajstić information content (AvgIpc) is 3.23. The molecule has 29 heavy (non-hydrogen) atoms. The van der Waals surface area contributed by atoms with Gasteiger partial charge in [0.15, 0.2) is 0 Å². The number of aliphatic carboxylic acids is 1. The molecule has 3 aliphatic rings. The lowest BCUT2D eigenvalue weighted by atomic mass is 9.71. The Morgan fingerprint density at radius 2 is 2.14 bits per heavy atom. The molecule has 2 bridgehead atoms. The third-order valence-corrected chi connectivity index (χ3v) is 9.57. The van der Waals surface area contributed by atoms with Gasteiger partial charge in [0.05, 0.1) is 16.6 Å². The highest BCUT2D eigenvalue weighted by Crippen LogP contribution is 2.67. The van der Waals surface area contributed by atoms with Crippen LogP contribution in [0.2, 0.25) is 0 Å². The topological polar surface area (TPSA) is 98.2 Å². The highest BCUT2D eigenvalue weighted by atomic mass is 79.9. The molecule has 0 radical (unpaired) electrons. The monoisotopic (exact) mass is 488 g/mol.